The van der Waals surface area contributed by atoms with Crippen molar-refractivity contribution < 1.29 is 4.74 Å². The first kappa shape index (κ1) is 14.8. The summed E-state index contributed by atoms with van der Waals surface area (Å²) in [5.74, 6) is 1.01. The molecule has 122 valence electrons. The second-order valence-corrected chi connectivity index (χ2v) is 6.25. The van der Waals surface area contributed by atoms with Gasteiger partial charge >= 0.3 is 0 Å². The van der Waals surface area contributed by atoms with Gasteiger partial charge in [0.05, 0.1) is 25.4 Å². The molecule has 3 heterocycles. The van der Waals surface area contributed by atoms with Crippen molar-refractivity contribution in [1.29, 1.82) is 0 Å². The number of ether oxygens (including phenoxy) is 1. The summed E-state index contributed by atoms with van der Waals surface area (Å²) in [7, 11) is 0. The van der Waals surface area contributed by atoms with E-state index in [4.69, 9.17) is 4.74 Å². The minimum absolute atomic E-state index is 0.659. The van der Waals surface area contributed by atoms with Crippen LogP contribution in [0.15, 0.2) is 36.7 Å². The lowest BCUT2D eigenvalue weighted by Gasteiger charge is -2.32. The van der Waals surface area contributed by atoms with E-state index in [0.717, 1.165) is 57.4 Å². The van der Waals surface area contributed by atoms with Gasteiger partial charge in [0, 0.05) is 32.2 Å². The average Bonchev–Trinajstić information content (AvgIpc) is 3.26. The highest BCUT2D eigenvalue weighted by Gasteiger charge is 2.29. The zero-order valence-electron chi connectivity index (χ0n) is 13.3. The summed E-state index contributed by atoms with van der Waals surface area (Å²) in [6.07, 6.45) is 2.89. The van der Waals surface area contributed by atoms with Gasteiger partial charge in [0.1, 0.15) is 12.2 Å². The Labute approximate surface area is 136 Å². The zero-order valence-corrected chi connectivity index (χ0v) is 13.3. The van der Waals surface area contributed by atoms with Crippen LogP contribution in [0.4, 0.5) is 0 Å². The van der Waals surface area contributed by atoms with Crippen LogP contribution in [0, 0.1) is 0 Å². The van der Waals surface area contributed by atoms with Gasteiger partial charge in [-0.25, -0.2) is 9.67 Å². The third kappa shape index (κ3) is 3.29. The molecule has 0 N–H and O–H groups in total. The first-order valence-electron chi connectivity index (χ1n) is 8.38. The molecule has 0 spiro atoms. The van der Waals surface area contributed by atoms with Gasteiger partial charge in [-0.05, 0) is 18.6 Å². The summed E-state index contributed by atoms with van der Waals surface area (Å²) >= 11 is 0. The Bertz CT molecular complexity index is 623. The smallest absolute Gasteiger partial charge is 0.146 e. The van der Waals surface area contributed by atoms with Crippen molar-refractivity contribution in [2.45, 2.75) is 19.0 Å². The molecule has 2 fully saturated rings. The van der Waals surface area contributed by atoms with Crippen molar-refractivity contribution in [3.05, 3.63) is 42.5 Å². The Kier molecular flexibility index (Phi) is 4.37. The van der Waals surface area contributed by atoms with Gasteiger partial charge in [0.25, 0.3) is 0 Å². The normalized spacial score (nSPS) is 23.4. The fourth-order valence-corrected chi connectivity index (χ4v) is 3.55. The van der Waals surface area contributed by atoms with Crippen LogP contribution in [0.5, 0.6) is 0 Å². The molecule has 6 nitrogen and oxygen atoms in total. The molecule has 6 heteroatoms. The van der Waals surface area contributed by atoms with E-state index in [-0.39, 0.29) is 0 Å². The van der Waals surface area contributed by atoms with Crippen LogP contribution in [0.25, 0.3) is 5.69 Å². The number of hydrogen-bond donors (Lipinski definition) is 0. The molecular formula is C17H23N5O. The molecule has 0 aliphatic carbocycles. The van der Waals surface area contributed by atoms with E-state index in [1.807, 2.05) is 22.9 Å². The number of rotatable bonds is 4. The molecule has 2 aliphatic heterocycles. The SMILES string of the molecule is c1ccc(-n2ncnc2CN2CCC(N3CCOCC3)C2)cc1. The van der Waals surface area contributed by atoms with Crippen molar-refractivity contribution in [2.24, 2.45) is 0 Å². The highest BCUT2D eigenvalue weighted by atomic mass is 16.5. The Hall–Kier alpha value is -1.76. The van der Waals surface area contributed by atoms with Crippen molar-refractivity contribution in [1.82, 2.24) is 24.6 Å². The van der Waals surface area contributed by atoms with E-state index < -0.39 is 0 Å². The monoisotopic (exact) mass is 313 g/mol. The summed E-state index contributed by atoms with van der Waals surface area (Å²) < 4.78 is 7.41. The van der Waals surface area contributed by atoms with E-state index in [0.29, 0.717) is 6.04 Å². The molecular weight excluding hydrogens is 290 g/mol. The molecule has 1 aromatic heterocycles. The maximum Gasteiger partial charge on any atom is 0.146 e. The fraction of sp³-hybridized carbons (Fsp3) is 0.529. The van der Waals surface area contributed by atoms with Crippen LogP contribution in [0.1, 0.15) is 12.2 Å². The fourth-order valence-electron chi connectivity index (χ4n) is 3.55. The predicted octanol–water partition coefficient (Wildman–Crippen LogP) is 1.17. The molecule has 1 atom stereocenters. The Morgan fingerprint density at radius 3 is 2.74 bits per heavy atom. The third-order valence-corrected chi connectivity index (χ3v) is 4.79. The summed E-state index contributed by atoms with van der Waals surface area (Å²) in [5, 5.41) is 4.39. The van der Waals surface area contributed by atoms with Gasteiger partial charge in [-0.1, -0.05) is 18.2 Å². The molecule has 0 saturated carbocycles. The van der Waals surface area contributed by atoms with Crippen molar-refractivity contribution in [3.63, 3.8) is 0 Å². The van der Waals surface area contributed by atoms with E-state index in [1.54, 1.807) is 6.33 Å². The number of aromatic nitrogens is 3. The van der Waals surface area contributed by atoms with Crippen molar-refractivity contribution in [2.75, 3.05) is 39.4 Å². The lowest BCUT2D eigenvalue weighted by molar-refractivity contribution is 0.0183. The van der Waals surface area contributed by atoms with Gasteiger partial charge in [-0.15, -0.1) is 0 Å². The number of likely N-dealkylation sites (tertiary alicyclic amines) is 1. The van der Waals surface area contributed by atoms with Crippen LogP contribution >= 0.6 is 0 Å². The summed E-state index contributed by atoms with van der Waals surface area (Å²) in [5.41, 5.74) is 1.07. The van der Waals surface area contributed by atoms with Crippen molar-refractivity contribution in [3.8, 4) is 5.69 Å². The molecule has 0 amide bonds. The van der Waals surface area contributed by atoms with Crippen LogP contribution in [-0.2, 0) is 11.3 Å². The van der Waals surface area contributed by atoms with Crippen LogP contribution in [0.3, 0.4) is 0 Å². The molecule has 2 aromatic rings. The number of morpholine rings is 1. The molecule has 0 bridgehead atoms. The first-order valence-corrected chi connectivity index (χ1v) is 8.38. The molecule has 4 rings (SSSR count). The largest absolute Gasteiger partial charge is 0.379 e. The van der Waals surface area contributed by atoms with Gasteiger partial charge in [-0.3, -0.25) is 9.80 Å². The van der Waals surface area contributed by atoms with Gasteiger partial charge in [0.15, 0.2) is 0 Å². The Morgan fingerprint density at radius 1 is 1.09 bits per heavy atom. The minimum atomic E-state index is 0.659. The number of benzene rings is 1. The molecule has 1 unspecified atom stereocenters. The number of hydrogen-bond acceptors (Lipinski definition) is 5. The molecule has 0 radical (unpaired) electrons. The van der Waals surface area contributed by atoms with Gasteiger partial charge in [-0.2, -0.15) is 5.10 Å². The minimum Gasteiger partial charge on any atom is -0.379 e. The highest BCUT2D eigenvalue weighted by Crippen LogP contribution is 2.19. The van der Waals surface area contributed by atoms with E-state index in [1.165, 1.54) is 6.42 Å². The van der Waals surface area contributed by atoms with Crippen LogP contribution < -0.4 is 0 Å². The molecule has 23 heavy (non-hydrogen) atoms. The maximum absolute atomic E-state index is 5.46. The first-order chi connectivity index (χ1) is 11.4. The van der Waals surface area contributed by atoms with Crippen LogP contribution in [-0.4, -0.2) is 70.0 Å². The number of para-hydroxylation sites is 1. The topological polar surface area (TPSA) is 46.4 Å². The van der Waals surface area contributed by atoms with E-state index >= 15 is 0 Å². The average molecular weight is 313 g/mol. The summed E-state index contributed by atoms with van der Waals surface area (Å²) in [4.78, 5) is 9.53. The highest BCUT2D eigenvalue weighted by molar-refractivity contribution is 5.30. The quantitative estimate of drug-likeness (QED) is 0.848. The molecule has 2 aliphatic rings. The second kappa shape index (κ2) is 6.78. The lowest BCUT2D eigenvalue weighted by atomic mass is 10.2. The summed E-state index contributed by atoms with van der Waals surface area (Å²) in [6.45, 7) is 6.98. The van der Waals surface area contributed by atoms with Gasteiger partial charge < -0.3 is 4.74 Å². The summed E-state index contributed by atoms with van der Waals surface area (Å²) in [6, 6.07) is 10.9. The van der Waals surface area contributed by atoms with Crippen molar-refractivity contribution >= 4 is 0 Å². The Morgan fingerprint density at radius 2 is 1.91 bits per heavy atom. The number of nitrogens with zero attached hydrogens (tertiary/aromatic N) is 5. The lowest BCUT2D eigenvalue weighted by Crippen LogP contribution is -2.44. The van der Waals surface area contributed by atoms with E-state index in [2.05, 4.69) is 32.0 Å². The predicted molar refractivity (Wildman–Crippen MR) is 87.4 cm³/mol. The van der Waals surface area contributed by atoms with Crippen LogP contribution in [0.2, 0.25) is 0 Å². The molecule has 1 aromatic carbocycles. The van der Waals surface area contributed by atoms with E-state index in [9.17, 15) is 0 Å². The maximum atomic E-state index is 5.46. The zero-order chi connectivity index (χ0) is 15.5. The second-order valence-electron chi connectivity index (χ2n) is 6.25. The Balaban J connectivity index is 1.41. The standard InChI is InChI=1S/C17H23N5O/c1-2-4-15(5-3-1)22-17(18-14-19-22)13-20-7-6-16(12-20)21-8-10-23-11-9-21/h1-5,14,16H,6-13H2. The third-order valence-electron chi connectivity index (χ3n) is 4.79. The molecule has 2 saturated heterocycles. The van der Waals surface area contributed by atoms with Gasteiger partial charge in [0.2, 0.25) is 0 Å².